The first kappa shape index (κ1) is 38.7. The van der Waals surface area contributed by atoms with Gasteiger partial charge in [-0.25, -0.2) is 4.98 Å². The molecule has 2 aliphatic rings. The maximum Gasteiger partial charge on any atom is 0.161 e. The second kappa shape index (κ2) is 19.3. The van der Waals surface area contributed by atoms with Crippen molar-refractivity contribution in [2.24, 2.45) is 0 Å². The van der Waals surface area contributed by atoms with E-state index in [2.05, 4.69) is 34.2 Å². The van der Waals surface area contributed by atoms with Crippen molar-refractivity contribution in [3.63, 3.8) is 0 Å². The Morgan fingerprint density at radius 1 is 0.894 bits per heavy atom. The molecule has 0 N–H and O–H groups in total. The van der Waals surface area contributed by atoms with Gasteiger partial charge in [0.25, 0.3) is 0 Å². The highest BCUT2D eigenvalue weighted by Crippen LogP contribution is 2.48. The molecular formula is C36H50Cl2N4O4S. The van der Waals surface area contributed by atoms with Gasteiger partial charge in [0.2, 0.25) is 0 Å². The molecule has 47 heavy (non-hydrogen) atoms. The van der Waals surface area contributed by atoms with Crippen LogP contribution in [0.5, 0.6) is 23.0 Å². The van der Waals surface area contributed by atoms with Gasteiger partial charge < -0.3 is 23.5 Å². The van der Waals surface area contributed by atoms with Gasteiger partial charge in [0.05, 0.1) is 40.3 Å². The standard InChI is InChI=1S/C36H48N4O4S.2ClH/c1-41-32-13-12-30(24-34(32)43-3)36(26-37,45-31-10-6-4-7-11-31)15-8-5-9-17-39-18-14-28-22-33(42-2)35(23-29(28)25-39)44-21-20-40-19-16-38-27-40;;/h12-13,16,19,22-24,27,31H,4-11,14-15,17-18,20-21,25H2,1-3H3;2*1H. The molecule has 0 radical (unpaired) electrons. The third-order valence-electron chi connectivity index (χ3n) is 9.20. The number of unbranched alkanes of at least 4 members (excludes halogenated alkanes) is 2. The number of aromatic nitrogens is 2. The van der Waals surface area contributed by atoms with Gasteiger partial charge in [0.1, 0.15) is 11.4 Å². The Morgan fingerprint density at radius 3 is 2.34 bits per heavy atom. The first-order chi connectivity index (χ1) is 22.1. The summed E-state index contributed by atoms with van der Waals surface area (Å²) in [4.78, 5) is 6.65. The summed E-state index contributed by atoms with van der Waals surface area (Å²) in [6.45, 7) is 4.31. The predicted molar refractivity (Wildman–Crippen MR) is 194 cm³/mol. The number of hydrogen-bond acceptors (Lipinski definition) is 8. The maximum absolute atomic E-state index is 10.7. The lowest BCUT2D eigenvalue weighted by molar-refractivity contribution is 0.244. The topological polar surface area (TPSA) is 81.8 Å². The number of hydrogen-bond donors (Lipinski definition) is 0. The summed E-state index contributed by atoms with van der Waals surface area (Å²) in [5, 5.41) is 11.2. The third-order valence-corrected chi connectivity index (χ3v) is 10.9. The van der Waals surface area contributed by atoms with Gasteiger partial charge in [0, 0.05) is 30.7 Å². The highest BCUT2D eigenvalue weighted by Gasteiger charge is 2.37. The van der Waals surface area contributed by atoms with E-state index in [1.54, 1.807) is 33.9 Å². The molecule has 1 saturated carbocycles. The second-order valence-corrected chi connectivity index (χ2v) is 13.7. The van der Waals surface area contributed by atoms with E-state index in [9.17, 15) is 5.26 Å². The minimum Gasteiger partial charge on any atom is -0.493 e. The average Bonchev–Trinajstić information content (AvgIpc) is 3.61. The zero-order valence-corrected chi connectivity index (χ0v) is 30.4. The van der Waals surface area contributed by atoms with Crippen molar-refractivity contribution in [2.45, 2.75) is 87.3 Å². The van der Waals surface area contributed by atoms with E-state index in [1.807, 2.05) is 34.7 Å². The molecule has 1 aliphatic carbocycles. The van der Waals surface area contributed by atoms with Gasteiger partial charge in [-0.1, -0.05) is 38.2 Å². The van der Waals surface area contributed by atoms with Crippen LogP contribution < -0.4 is 18.9 Å². The molecule has 0 spiro atoms. The van der Waals surface area contributed by atoms with Gasteiger partial charge in [-0.3, -0.25) is 4.90 Å². The minimum absolute atomic E-state index is 0. The molecule has 1 aromatic heterocycles. The molecule has 0 saturated heterocycles. The molecular weight excluding hydrogens is 655 g/mol. The predicted octanol–water partition coefficient (Wildman–Crippen LogP) is 8.23. The van der Waals surface area contributed by atoms with Crippen molar-refractivity contribution in [3.05, 3.63) is 65.7 Å². The van der Waals surface area contributed by atoms with Crippen molar-refractivity contribution in [1.82, 2.24) is 14.5 Å². The molecule has 1 fully saturated rings. The number of fused-ring (bicyclic) bond motifs is 1. The summed E-state index contributed by atoms with van der Waals surface area (Å²) < 4.78 is 24.4. The Kier molecular flexibility index (Phi) is 15.9. The van der Waals surface area contributed by atoms with E-state index in [4.69, 9.17) is 18.9 Å². The minimum atomic E-state index is -0.584. The van der Waals surface area contributed by atoms with Crippen molar-refractivity contribution < 1.29 is 18.9 Å². The molecule has 2 aromatic carbocycles. The molecule has 0 bridgehead atoms. The van der Waals surface area contributed by atoms with E-state index in [-0.39, 0.29) is 24.8 Å². The fourth-order valence-electron chi connectivity index (χ4n) is 6.62. The summed E-state index contributed by atoms with van der Waals surface area (Å²) >= 11 is 1.89. The van der Waals surface area contributed by atoms with E-state index >= 15 is 0 Å². The molecule has 1 atom stereocenters. The summed E-state index contributed by atoms with van der Waals surface area (Å²) in [6.07, 6.45) is 16.8. The van der Waals surface area contributed by atoms with E-state index < -0.39 is 4.75 Å². The first-order valence-electron chi connectivity index (χ1n) is 16.4. The number of ether oxygens (including phenoxy) is 4. The Labute approximate surface area is 297 Å². The van der Waals surface area contributed by atoms with Crippen LogP contribution in [0.1, 0.15) is 74.5 Å². The number of benzene rings is 2. The van der Waals surface area contributed by atoms with Crippen LogP contribution >= 0.6 is 36.6 Å². The molecule has 5 rings (SSSR count). The van der Waals surface area contributed by atoms with E-state index in [0.717, 1.165) is 75.3 Å². The Hall–Kier alpha value is -2.77. The normalized spacial score (nSPS) is 16.0. The summed E-state index contributed by atoms with van der Waals surface area (Å²) in [5.74, 6) is 2.99. The largest absolute Gasteiger partial charge is 0.493 e. The van der Waals surface area contributed by atoms with Gasteiger partial charge in [-0.15, -0.1) is 36.6 Å². The van der Waals surface area contributed by atoms with Crippen LogP contribution in [0.4, 0.5) is 0 Å². The first-order valence-corrected chi connectivity index (χ1v) is 17.3. The van der Waals surface area contributed by atoms with E-state index in [0.29, 0.717) is 23.4 Å². The fourth-order valence-corrected chi connectivity index (χ4v) is 8.34. The van der Waals surface area contributed by atoms with Crippen LogP contribution in [-0.2, 0) is 24.3 Å². The van der Waals surface area contributed by atoms with Crippen LogP contribution in [0.2, 0.25) is 0 Å². The molecule has 1 aliphatic heterocycles. The molecule has 3 aromatic rings. The highest BCUT2D eigenvalue weighted by atomic mass is 35.5. The van der Waals surface area contributed by atoms with Gasteiger partial charge in [-0.2, -0.15) is 5.26 Å². The van der Waals surface area contributed by atoms with Crippen LogP contribution in [0.25, 0.3) is 0 Å². The maximum atomic E-state index is 10.7. The molecule has 11 heteroatoms. The lowest BCUT2D eigenvalue weighted by atomic mass is 9.92. The Morgan fingerprint density at radius 2 is 1.64 bits per heavy atom. The van der Waals surface area contributed by atoms with Crippen LogP contribution in [0.15, 0.2) is 49.1 Å². The highest BCUT2D eigenvalue weighted by molar-refractivity contribution is 8.01. The Bertz CT molecular complexity index is 1410. The summed E-state index contributed by atoms with van der Waals surface area (Å²) in [6, 6.07) is 13.1. The van der Waals surface area contributed by atoms with Crippen LogP contribution in [-0.4, -0.2) is 60.7 Å². The van der Waals surface area contributed by atoms with Crippen molar-refractivity contribution >= 4 is 36.6 Å². The van der Waals surface area contributed by atoms with Crippen LogP contribution in [0.3, 0.4) is 0 Å². The molecule has 258 valence electrons. The monoisotopic (exact) mass is 704 g/mol. The van der Waals surface area contributed by atoms with Gasteiger partial charge in [0.15, 0.2) is 23.0 Å². The van der Waals surface area contributed by atoms with Crippen molar-refractivity contribution in [3.8, 4) is 29.1 Å². The SMILES string of the molecule is COc1ccc(C(C#N)(CCCCCN2CCc3cc(OC)c(OCCn4ccnc4)cc3C2)SC2CCCCC2)cc1OC.Cl.Cl. The third kappa shape index (κ3) is 10.1. The summed E-state index contributed by atoms with van der Waals surface area (Å²) in [7, 11) is 5.02. The quantitative estimate of drug-likeness (QED) is 0.138. The van der Waals surface area contributed by atoms with Crippen molar-refractivity contribution in [2.75, 3.05) is 41.0 Å². The smallest absolute Gasteiger partial charge is 0.161 e. The fraction of sp³-hybridized carbons (Fsp3) is 0.556. The zero-order chi connectivity index (χ0) is 31.5. The lowest BCUT2D eigenvalue weighted by Gasteiger charge is -2.33. The van der Waals surface area contributed by atoms with E-state index in [1.165, 1.54) is 43.2 Å². The second-order valence-electron chi connectivity index (χ2n) is 12.1. The van der Waals surface area contributed by atoms with Gasteiger partial charge >= 0.3 is 0 Å². The number of thioether (sulfide) groups is 1. The van der Waals surface area contributed by atoms with Gasteiger partial charge in [-0.05, 0) is 79.6 Å². The number of rotatable bonds is 16. The number of nitriles is 1. The van der Waals surface area contributed by atoms with Crippen LogP contribution in [0, 0.1) is 11.3 Å². The van der Waals surface area contributed by atoms with Crippen molar-refractivity contribution in [1.29, 1.82) is 5.26 Å². The summed E-state index contributed by atoms with van der Waals surface area (Å²) in [5.41, 5.74) is 3.70. The average molecular weight is 706 g/mol. The number of imidazole rings is 1. The molecule has 2 heterocycles. The lowest BCUT2D eigenvalue weighted by Crippen LogP contribution is -2.31. The number of halogens is 2. The Balaban J connectivity index is 0.00000300. The molecule has 1 unspecified atom stereocenters. The molecule has 0 amide bonds. The molecule has 8 nitrogen and oxygen atoms in total. The zero-order valence-electron chi connectivity index (χ0n) is 27.9. The number of methoxy groups -OCH3 is 3. The number of nitrogens with zero attached hydrogens (tertiary/aromatic N) is 4.